The number of nitrogen functional groups attached to an aromatic ring is 1. The van der Waals surface area contributed by atoms with Crippen molar-refractivity contribution >= 4 is 24.0 Å². The molecule has 1 aliphatic rings. The van der Waals surface area contributed by atoms with Crippen molar-refractivity contribution in [3.05, 3.63) is 29.8 Å². The third-order valence-corrected chi connectivity index (χ3v) is 3.78. The Hall–Kier alpha value is -1.64. The SMILES string of the molecule is Cl.Nc1cccc(C(=O)N2CCC(C(F)(F)F)(C(F)(F)F)C2)c1. The van der Waals surface area contributed by atoms with Gasteiger partial charge in [-0.05, 0) is 24.6 Å². The lowest BCUT2D eigenvalue weighted by Crippen LogP contribution is -2.52. The zero-order valence-electron chi connectivity index (χ0n) is 11.5. The molecule has 0 radical (unpaired) electrons. The highest BCUT2D eigenvalue weighted by Gasteiger charge is 2.72. The van der Waals surface area contributed by atoms with E-state index >= 15 is 0 Å². The maximum Gasteiger partial charge on any atom is 0.404 e. The monoisotopic (exact) mass is 362 g/mol. The molecule has 1 heterocycles. The van der Waals surface area contributed by atoms with Gasteiger partial charge in [0.2, 0.25) is 0 Å². The Balaban J connectivity index is 0.00000264. The number of alkyl halides is 6. The predicted octanol–water partition coefficient (Wildman–Crippen LogP) is 3.65. The van der Waals surface area contributed by atoms with Gasteiger partial charge in [-0.25, -0.2) is 0 Å². The van der Waals surface area contributed by atoms with E-state index < -0.39 is 43.2 Å². The van der Waals surface area contributed by atoms with Crippen molar-refractivity contribution in [3.63, 3.8) is 0 Å². The number of carbonyl (C=O) groups excluding carboxylic acids is 1. The van der Waals surface area contributed by atoms with Crippen molar-refractivity contribution in [2.24, 2.45) is 5.41 Å². The first kappa shape index (κ1) is 19.4. The number of halogens is 7. The topological polar surface area (TPSA) is 46.3 Å². The lowest BCUT2D eigenvalue weighted by molar-refractivity contribution is -0.334. The van der Waals surface area contributed by atoms with Gasteiger partial charge in [0.1, 0.15) is 0 Å². The number of amides is 1. The van der Waals surface area contributed by atoms with Gasteiger partial charge in [-0.15, -0.1) is 12.4 Å². The molecule has 130 valence electrons. The normalized spacial score (nSPS) is 17.7. The van der Waals surface area contributed by atoms with Crippen LogP contribution in [0.5, 0.6) is 0 Å². The first-order valence-electron chi connectivity index (χ1n) is 6.26. The summed E-state index contributed by atoms with van der Waals surface area (Å²) in [5.74, 6) is -0.900. The molecule has 0 unspecified atom stereocenters. The molecule has 0 aliphatic carbocycles. The Morgan fingerprint density at radius 3 is 2.13 bits per heavy atom. The maximum absolute atomic E-state index is 12.9. The van der Waals surface area contributed by atoms with E-state index in [1.54, 1.807) is 0 Å². The van der Waals surface area contributed by atoms with E-state index in [0.717, 1.165) is 0 Å². The van der Waals surface area contributed by atoms with Gasteiger partial charge in [0, 0.05) is 24.3 Å². The van der Waals surface area contributed by atoms with Crippen molar-refractivity contribution in [3.8, 4) is 0 Å². The van der Waals surface area contributed by atoms with Gasteiger partial charge in [0.15, 0.2) is 5.41 Å². The first-order valence-corrected chi connectivity index (χ1v) is 6.26. The van der Waals surface area contributed by atoms with Gasteiger partial charge < -0.3 is 10.6 Å². The van der Waals surface area contributed by atoms with Crippen LogP contribution in [0.1, 0.15) is 16.8 Å². The zero-order chi connectivity index (χ0) is 16.8. The quantitative estimate of drug-likeness (QED) is 0.612. The Bertz CT molecular complexity index is 573. The number of benzene rings is 1. The van der Waals surface area contributed by atoms with E-state index in [9.17, 15) is 31.1 Å². The molecule has 0 aromatic heterocycles. The summed E-state index contributed by atoms with van der Waals surface area (Å²) in [4.78, 5) is 12.6. The number of rotatable bonds is 1. The van der Waals surface area contributed by atoms with E-state index in [2.05, 4.69) is 0 Å². The van der Waals surface area contributed by atoms with Crippen LogP contribution in [0.2, 0.25) is 0 Å². The smallest absolute Gasteiger partial charge is 0.399 e. The molecule has 1 aromatic rings. The van der Waals surface area contributed by atoms with Gasteiger partial charge in [0.05, 0.1) is 0 Å². The summed E-state index contributed by atoms with van der Waals surface area (Å²) >= 11 is 0. The largest absolute Gasteiger partial charge is 0.404 e. The van der Waals surface area contributed by atoms with Crippen LogP contribution < -0.4 is 5.73 Å². The lowest BCUT2D eigenvalue weighted by atomic mass is 9.85. The molecule has 23 heavy (non-hydrogen) atoms. The summed E-state index contributed by atoms with van der Waals surface area (Å²) in [7, 11) is 0. The van der Waals surface area contributed by atoms with Crippen LogP contribution in [0.15, 0.2) is 24.3 Å². The third kappa shape index (κ3) is 3.34. The van der Waals surface area contributed by atoms with E-state index in [1.807, 2.05) is 0 Å². The average molecular weight is 363 g/mol. The molecular formula is C13H13ClF6N2O. The summed E-state index contributed by atoms with van der Waals surface area (Å²) in [6.45, 7) is -2.06. The molecule has 3 nitrogen and oxygen atoms in total. The van der Waals surface area contributed by atoms with Crippen LogP contribution in [0.4, 0.5) is 32.0 Å². The molecule has 0 spiro atoms. The highest BCUT2D eigenvalue weighted by atomic mass is 35.5. The van der Waals surface area contributed by atoms with Gasteiger partial charge in [-0.3, -0.25) is 4.79 Å². The van der Waals surface area contributed by atoms with Gasteiger partial charge in [-0.1, -0.05) is 6.07 Å². The van der Waals surface area contributed by atoms with E-state index in [0.29, 0.717) is 4.90 Å². The minimum Gasteiger partial charge on any atom is -0.399 e. The van der Waals surface area contributed by atoms with E-state index in [-0.39, 0.29) is 23.7 Å². The first-order chi connectivity index (χ1) is 9.98. The fraction of sp³-hybridized carbons (Fsp3) is 0.462. The molecule has 2 N–H and O–H groups in total. The number of anilines is 1. The molecule has 1 saturated heterocycles. The van der Waals surface area contributed by atoms with Crippen LogP contribution >= 0.6 is 12.4 Å². The van der Waals surface area contributed by atoms with Gasteiger partial charge in [-0.2, -0.15) is 26.3 Å². The number of nitrogens with two attached hydrogens (primary N) is 1. The van der Waals surface area contributed by atoms with Crippen LogP contribution in [-0.2, 0) is 0 Å². The van der Waals surface area contributed by atoms with Crippen molar-refractivity contribution in [2.45, 2.75) is 18.8 Å². The molecule has 1 aliphatic heterocycles. The molecule has 0 bridgehead atoms. The van der Waals surface area contributed by atoms with Crippen molar-refractivity contribution in [1.82, 2.24) is 4.90 Å². The number of nitrogens with zero attached hydrogens (tertiary/aromatic N) is 1. The minimum absolute atomic E-state index is 0. The second-order valence-electron chi connectivity index (χ2n) is 5.18. The van der Waals surface area contributed by atoms with Crippen molar-refractivity contribution in [1.29, 1.82) is 0 Å². The molecule has 1 fully saturated rings. The highest BCUT2D eigenvalue weighted by molar-refractivity contribution is 5.95. The summed E-state index contributed by atoms with van der Waals surface area (Å²) in [5, 5.41) is 0. The van der Waals surface area contributed by atoms with E-state index in [4.69, 9.17) is 5.73 Å². The third-order valence-electron chi connectivity index (χ3n) is 3.78. The Morgan fingerprint density at radius 1 is 1.13 bits per heavy atom. The number of hydrogen-bond acceptors (Lipinski definition) is 2. The molecule has 0 atom stereocenters. The Morgan fingerprint density at radius 2 is 1.70 bits per heavy atom. The fourth-order valence-electron chi connectivity index (χ4n) is 2.46. The standard InChI is InChI=1S/C13H12F6N2O.ClH/c14-12(15,16)11(13(17,18)19)4-5-21(7-11)10(22)8-2-1-3-9(20)6-8;/h1-3,6H,4-5,7,20H2;1H. The molecule has 1 aromatic carbocycles. The number of likely N-dealkylation sites (tertiary alicyclic amines) is 1. The predicted molar refractivity (Wildman–Crippen MR) is 73.2 cm³/mol. The van der Waals surface area contributed by atoms with Gasteiger partial charge in [0.25, 0.3) is 5.91 Å². The van der Waals surface area contributed by atoms with Crippen molar-refractivity contribution in [2.75, 3.05) is 18.8 Å². The van der Waals surface area contributed by atoms with Crippen molar-refractivity contribution < 1.29 is 31.1 Å². The fourth-order valence-corrected chi connectivity index (χ4v) is 2.46. The molecular weight excluding hydrogens is 350 g/mol. The summed E-state index contributed by atoms with van der Waals surface area (Å²) in [6.07, 6.45) is -12.2. The van der Waals surface area contributed by atoms with Crippen LogP contribution in [0, 0.1) is 5.41 Å². The average Bonchev–Trinajstić information content (AvgIpc) is 2.83. The van der Waals surface area contributed by atoms with Crippen LogP contribution in [-0.4, -0.2) is 36.2 Å². The summed E-state index contributed by atoms with van der Waals surface area (Å²) in [6, 6.07) is 5.36. The van der Waals surface area contributed by atoms with Crippen LogP contribution in [0.3, 0.4) is 0 Å². The molecule has 2 rings (SSSR count). The minimum atomic E-state index is -5.48. The molecule has 0 saturated carbocycles. The molecule has 10 heteroatoms. The summed E-state index contributed by atoms with van der Waals surface area (Å²) < 4.78 is 77.6. The Labute approximate surface area is 133 Å². The van der Waals surface area contributed by atoms with Gasteiger partial charge >= 0.3 is 12.4 Å². The summed E-state index contributed by atoms with van der Waals surface area (Å²) in [5.41, 5.74) is 1.73. The number of carbonyl (C=O) groups is 1. The highest BCUT2D eigenvalue weighted by Crippen LogP contribution is 2.55. The second kappa shape index (κ2) is 6.10. The molecule has 1 amide bonds. The lowest BCUT2D eigenvalue weighted by Gasteiger charge is -2.33. The zero-order valence-corrected chi connectivity index (χ0v) is 12.4. The second-order valence-corrected chi connectivity index (χ2v) is 5.18. The number of hydrogen-bond donors (Lipinski definition) is 1. The van der Waals surface area contributed by atoms with Crippen LogP contribution in [0.25, 0.3) is 0 Å². The van der Waals surface area contributed by atoms with E-state index in [1.165, 1.54) is 24.3 Å². The Kier molecular flexibility index (Phi) is 5.15. The maximum atomic E-state index is 12.9.